The molecule has 1 saturated heterocycles. The van der Waals surface area contributed by atoms with Gasteiger partial charge in [0.25, 0.3) is 0 Å². The number of fused-ring (bicyclic) bond motifs is 1. The normalized spacial score (nSPS) is 15.6. The third kappa shape index (κ3) is 5.39. The number of nitrogens with zero attached hydrogens (tertiary/aromatic N) is 7. The zero-order chi connectivity index (χ0) is 25.9. The van der Waals surface area contributed by atoms with Crippen molar-refractivity contribution in [2.75, 3.05) is 36.9 Å². The van der Waals surface area contributed by atoms with E-state index in [2.05, 4.69) is 45.3 Å². The van der Waals surface area contributed by atoms with Gasteiger partial charge in [0.1, 0.15) is 6.07 Å². The molecule has 0 bridgehead atoms. The van der Waals surface area contributed by atoms with Crippen LogP contribution in [0.25, 0.3) is 5.69 Å². The molecule has 0 saturated carbocycles. The lowest BCUT2D eigenvalue weighted by molar-refractivity contribution is -0.115. The van der Waals surface area contributed by atoms with Crippen LogP contribution in [0, 0.1) is 17.2 Å². The fraction of sp³-hybridized carbons (Fsp3) is 0.393. The highest BCUT2D eigenvalue weighted by Crippen LogP contribution is 2.36. The summed E-state index contributed by atoms with van der Waals surface area (Å²) in [6, 6.07) is 13.8. The van der Waals surface area contributed by atoms with Crippen LogP contribution in [-0.2, 0) is 11.3 Å². The summed E-state index contributed by atoms with van der Waals surface area (Å²) < 4.78 is 1.87. The number of carbonyl (C=O) groups is 1. The van der Waals surface area contributed by atoms with E-state index >= 15 is 0 Å². The molecule has 9 nitrogen and oxygen atoms in total. The van der Waals surface area contributed by atoms with Gasteiger partial charge in [-0.25, -0.2) is 4.68 Å². The van der Waals surface area contributed by atoms with Crippen molar-refractivity contribution in [1.29, 1.82) is 5.26 Å². The molecule has 1 amide bonds. The molecule has 3 heterocycles. The molecule has 9 heteroatoms. The Morgan fingerprint density at radius 1 is 1.19 bits per heavy atom. The predicted molar refractivity (Wildman–Crippen MR) is 145 cm³/mol. The van der Waals surface area contributed by atoms with Gasteiger partial charge in [-0.1, -0.05) is 31.2 Å². The van der Waals surface area contributed by atoms with Gasteiger partial charge in [-0.15, -0.1) is 5.10 Å². The van der Waals surface area contributed by atoms with Crippen molar-refractivity contribution in [3.8, 4) is 11.8 Å². The Labute approximate surface area is 217 Å². The summed E-state index contributed by atoms with van der Waals surface area (Å²) in [6.45, 7) is 8.08. The molecule has 2 aliphatic heterocycles. The molecule has 5 rings (SSSR count). The number of hydrogen-bond acceptors (Lipinski definition) is 7. The van der Waals surface area contributed by atoms with Crippen molar-refractivity contribution in [3.05, 3.63) is 59.4 Å². The minimum Gasteiger partial charge on any atom is -0.373 e. The number of amides is 1. The lowest BCUT2D eigenvalue weighted by Crippen LogP contribution is -2.23. The number of carbonyl (C=O) groups excluding carboxylic acids is 1. The number of nitriles is 1. The fourth-order valence-electron chi connectivity index (χ4n) is 5.09. The van der Waals surface area contributed by atoms with Gasteiger partial charge in [0.05, 0.1) is 52.3 Å². The maximum absolute atomic E-state index is 12.8. The minimum absolute atomic E-state index is 0.134. The zero-order valence-electron chi connectivity index (χ0n) is 21.6. The second kappa shape index (κ2) is 10.5. The summed E-state index contributed by atoms with van der Waals surface area (Å²) in [5, 5.41) is 21.2. The van der Waals surface area contributed by atoms with Crippen LogP contribution in [0.2, 0.25) is 0 Å². The van der Waals surface area contributed by atoms with Gasteiger partial charge in [-0.3, -0.25) is 14.7 Å². The summed E-state index contributed by atoms with van der Waals surface area (Å²) in [5.74, 6) is 0.273. The maximum Gasteiger partial charge on any atom is 0.230 e. The molecule has 190 valence electrons. The molecule has 0 atom stereocenters. The first kappa shape index (κ1) is 24.7. The first-order valence-corrected chi connectivity index (χ1v) is 12.8. The van der Waals surface area contributed by atoms with E-state index in [1.807, 2.05) is 48.3 Å². The number of aromatic nitrogens is 3. The van der Waals surface area contributed by atoms with E-state index < -0.39 is 0 Å². The number of nitrogens with one attached hydrogen (secondary N) is 1. The van der Waals surface area contributed by atoms with Gasteiger partial charge in [0, 0.05) is 20.1 Å². The van der Waals surface area contributed by atoms with Gasteiger partial charge in [0.15, 0.2) is 0 Å². The summed E-state index contributed by atoms with van der Waals surface area (Å²) in [7, 11) is 1.98. The molecular weight excluding hydrogens is 464 g/mol. The molecule has 0 unspecified atom stereocenters. The van der Waals surface area contributed by atoms with Crippen LogP contribution in [0.5, 0.6) is 0 Å². The van der Waals surface area contributed by atoms with Crippen molar-refractivity contribution >= 4 is 28.7 Å². The van der Waals surface area contributed by atoms with Gasteiger partial charge < -0.3 is 10.2 Å². The molecule has 1 fully saturated rings. The van der Waals surface area contributed by atoms with E-state index in [-0.39, 0.29) is 12.3 Å². The average Bonchev–Trinajstić information content (AvgIpc) is 3.53. The number of anilines is 2. The summed E-state index contributed by atoms with van der Waals surface area (Å²) >= 11 is 0. The number of aliphatic imine (C=N–C) groups is 1. The number of likely N-dealkylation sites (tertiary alicyclic amines) is 1. The van der Waals surface area contributed by atoms with Crippen molar-refractivity contribution in [1.82, 2.24) is 19.9 Å². The molecule has 0 aliphatic carbocycles. The van der Waals surface area contributed by atoms with Gasteiger partial charge >= 0.3 is 0 Å². The molecule has 2 aromatic carbocycles. The lowest BCUT2D eigenvalue weighted by Gasteiger charge is -2.23. The van der Waals surface area contributed by atoms with E-state index in [1.165, 1.54) is 12.8 Å². The smallest absolute Gasteiger partial charge is 0.230 e. The van der Waals surface area contributed by atoms with E-state index in [0.29, 0.717) is 28.6 Å². The minimum atomic E-state index is -0.162. The van der Waals surface area contributed by atoms with Crippen LogP contribution in [0.1, 0.15) is 49.9 Å². The standard InChI is InChI=1S/C28H32N8O/c1-19(2)17-34(3)27-13-26-25(12-21(27)15-29)32-28(37)14-24(31-26)20-7-6-8-22(11-20)36-23(16-30-33-36)18-35-9-4-5-10-35/h6-8,11-13,16,19H,4-5,9-10,14,17-18H2,1-3H3,(H,32,37). The van der Waals surface area contributed by atoms with Crippen LogP contribution >= 0.6 is 0 Å². The third-order valence-electron chi connectivity index (χ3n) is 6.77. The molecule has 2 aliphatic rings. The lowest BCUT2D eigenvalue weighted by atomic mass is 10.1. The van der Waals surface area contributed by atoms with Crippen LogP contribution in [-0.4, -0.2) is 58.2 Å². The quantitative estimate of drug-likeness (QED) is 0.524. The summed E-state index contributed by atoms with van der Waals surface area (Å²) in [4.78, 5) is 22.2. The highest BCUT2D eigenvalue weighted by Gasteiger charge is 2.22. The number of hydrogen-bond donors (Lipinski definition) is 1. The van der Waals surface area contributed by atoms with Crippen LogP contribution in [0.15, 0.2) is 47.6 Å². The highest BCUT2D eigenvalue weighted by molar-refractivity contribution is 6.17. The van der Waals surface area contributed by atoms with Crippen LogP contribution in [0.3, 0.4) is 0 Å². The molecule has 0 spiro atoms. The molecule has 3 aromatic rings. The Kier molecular flexibility index (Phi) is 7.01. The Balaban J connectivity index is 1.51. The molecule has 1 N–H and O–H groups in total. The Bertz CT molecular complexity index is 1380. The van der Waals surface area contributed by atoms with Gasteiger partial charge in [0.2, 0.25) is 5.91 Å². The first-order chi connectivity index (χ1) is 17.9. The molecule has 1 aromatic heterocycles. The molecular formula is C28H32N8O. The SMILES string of the molecule is CC(C)CN(C)c1cc2c(cc1C#N)NC(=O)CC(c1cccc(-n3nncc3CN3CCCC3)c1)=N2. The predicted octanol–water partition coefficient (Wildman–Crippen LogP) is 4.29. The third-order valence-corrected chi connectivity index (χ3v) is 6.77. The van der Waals surface area contributed by atoms with Gasteiger partial charge in [-0.2, -0.15) is 5.26 Å². The summed E-state index contributed by atoms with van der Waals surface area (Å²) in [5.41, 5.74) is 5.95. The number of benzene rings is 2. The second-order valence-electron chi connectivity index (χ2n) is 10.2. The summed E-state index contributed by atoms with van der Waals surface area (Å²) in [6.07, 6.45) is 4.41. The Hall–Kier alpha value is -4.03. The highest BCUT2D eigenvalue weighted by atomic mass is 16.1. The van der Waals surface area contributed by atoms with Crippen LogP contribution in [0.4, 0.5) is 17.1 Å². The van der Waals surface area contributed by atoms with E-state index in [9.17, 15) is 10.1 Å². The zero-order valence-corrected chi connectivity index (χ0v) is 21.6. The monoisotopic (exact) mass is 496 g/mol. The molecule has 37 heavy (non-hydrogen) atoms. The van der Waals surface area contributed by atoms with E-state index in [1.54, 1.807) is 6.07 Å². The van der Waals surface area contributed by atoms with Gasteiger partial charge in [-0.05, 0) is 61.7 Å². The van der Waals surface area contributed by atoms with Crippen molar-refractivity contribution in [3.63, 3.8) is 0 Å². The maximum atomic E-state index is 12.8. The fourth-order valence-corrected chi connectivity index (χ4v) is 5.09. The van der Waals surface area contributed by atoms with Crippen molar-refractivity contribution in [2.24, 2.45) is 10.9 Å². The Morgan fingerprint density at radius 3 is 2.76 bits per heavy atom. The Morgan fingerprint density at radius 2 is 2.00 bits per heavy atom. The topological polar surface area (TPSA) is 102 Å². The van der Waals surface area contributed by atoms with Crippen LogP contribution < -0.4 is 10.2 Å². The van der Waals surface area contributed by atoms with E-state index in [0.717, 1.165) is 48.8 Å². The van der Waals surface area contributed by atoms with E-state index in [4.69, 9.17) is 4.99 Å². The second-order valence-corrected chi connectivity index (χ2v) is 10.2. The number of rotatable bonds is 7. The van der Waals surface area contributed by atoms with Crippen molar-refractivity contribution < 1.29 is 4.79 Å². The van der Waals surface area contributed by atoms with Crippen molar-refractivity contribution in [2.45, 2.75) is 39.7 Å². The first-order valence-electron chi connectivity index (χ1n) is 12.8. The largest absolute Gasteiger partial charge is 0.373 e. The average molecular weight is 497 g/mol. The molecule has 0 radical (unpaired) electrons.